The Bertz CT molecular complexity index is 249. The maximum absolute atomic E-state index is 4.25. The van der Waals surface area contributed by atoms with E-state index in [0.29, 0.717) is 5.92 Å². The van der Waals surface area contributed by atoms with Crippen molar-refractivity contribution in [2.24, 2.45) is 7.05 Å². The van der Waals surface area contributed by atoms with Crippen molar-refractivity contribution in [3.8, 4) is 0 Å². The number of piperidine rings is 1. The highest BCUT2D eigenvalue weighted by molar-refractivity contribution is 4.97. The second-order valence-corrected chi connectivity index (χ2v) is 3.29. The van der Waals surface area contributed by atoms with Crippen LogP contribution >= 0.6 is 0 Å². The topological polar surface area (TPSA) is 42.7 Å². The number of hydrogen-bond donors (Lipinski definition) is 1. The third-order valence-corrected chi connectivity index (χ3v) is 2.41. The highest BCUT2D eigenvalue weighted by Gasteiger charge is 2.18. The minimum Gasteiger partial charge on any atom is -0.316 e. The normalized spacial score (nSPS) is 24.2. The molecule has 1 aliphatic rings. The largest absolute Gasteiger partial charge is 0.316 e. The predicted molar refractivity (Wildman–Crippen MR) is 45.8 cm³/mol. The maximum Gasteiger partial charge on any atom is 0.138 e. The van der Waals surface area contributed by atoms with Gasteiger partial charge in [0.25, 0.3) is 0 Å². The molecule has 66 valence electrons. The Hall–Kier alpha value is -0.900. The molecule has 0 bridgehead atoms. The van der Waals surface area contributed by atoms with E-state index >= 15 is 0 Å². The highest BCUT2D eigenvalue weighted by Crippen LogP contribution is 2.19. The molecule has 4 nitrogen and oxygen atoms in total. The zero-order valence-corrected chi connectivity index (χ0v) is 7.32. The van der Waals surface area contributed by atoms with Crippen LogP contribution < -0.4 is 5.32 Å². The summed E-state index contributed by atoms with van der Waals surface area (Å²) in [5.74, 6) is 1.67. The molecule has 12 heavy (non-hydrogen) atoms. The van der Waals surface area contributed by atoms with Gasteiger partial charge in [-0.15, -0.1) is 0 Å². The summed E-state index contributed by atoms with van der Waals surface area (Å²) in [6, 6.07) is 0. The van der Waals surface area contributed by atoms with E-state index < -0.39 is 0 Å². The highest BCUT2D eigenvalue weighted by atomic mass is 15.3. The number of rotatable bonds is 1. The SMILES string of the molecule is Cn1ncnc1[C@@H]1CCCNC1. The van der Waals surface area contributed by atoms with Gasteiger partial charge in [-0.1, -0.05) is 0 Å². The van der Waals surface area contributed by atoms with Crippen LogP contribution in [-0.2, 0) is 7.05 Å². The average Bonchev–Trinajstić information content (AvgIpc) is 2.53. The monoisotopic (exact) mass is 166 g/mol. The predicted octanol–water partition coefficient (Wildman–Crippen LogP) is 0.282. The molecule has 1 aromatic rings. The van der Waals surface area contributed by atoms with Gasteiger partial charge in [-0.05, 0) is 19.4 Å². The third-order valence-electron chi connectivity index (χ3n) is 2.41. The van der Waals surface area contributed by atoms with Gasteiger partial charge in [0.05, 0.1) is 0 Å². The van der Waals surface area contributed by atoms with Crippen LogP contribution in [0.5, 0.6) is 0 Å². The van der Waals surface area contributed by atoms with Crippen LogP contribution in [0.25, 0.3) is 0 Å². The van der Waals surface area contributed by atoms with E-state index in [1.54, 1.807) is 6.33 Å². The second kappa shape index (κ2) is 3.23. The molecular weight excluding hydrogens is 152 g/mol. The maximum atomic E-state index is 4.25. The molecular formula is C8H14N4. The van der Waals surface area contributed by atoms with Gasteiger partial charge in [0.1, 0.15) is 12.2 Å². The summed E-state index contributed by atoms with van der Waals surface area (Å²) in [5.41, 5.74) is 0. The summed E-state index contributed by atoms with van der Waals surface area (Å²) in [6.07, 6.45) is 4.11. The molecule has 0 spiro atoms. The molecule has 2 rings (SSSR count). The zero-order chi connectivity index (χ0) is 8.39. The lowest BCUT2D eigenvalue weighted by Gasteiger charge is -2.21. The second-order valence-electron chi connectivity index (χ2n) is 3.29. The Kier molecular flexibility index (Phi) is 2.08. The fourth-order valence-electron chi connectivity index (χ4n) is 1.75. The Morgan fingerprint density at radius 3 is 3.17 bits per heavy atom. The molecule has 1 N–H and O–H groups in total. The number of aromatic nitrogens is 3. The van der Waals surface area contributed by atoms with Gasteiger partial charge in [0.15, 0.2) is 0 Å². The van der Waals surface area contributed by atoms with Gasteiger partial charge in [0.2, 0.25) is 0 Å². The molecule has 0 aromatic carbocycles. The van der Waals surface area contributed by atoms with Crippen molar-refractivity contribution in [1.82, 2.24) is 20.1 Å². The molecule has 0 amide bonds. The fourth-order valence-corrected chi connectivity index (χ4v) is 1.75. The number of nitrogens with one attached hydrogen (secondary N) is 1. The smallest absolute Gasteiger partial charge is 0.138 e. The van der Waals surface area contributed by atoms with Crippen molar-refractivity contribution < 1.29 is 0 Å². The van der Waals surface area contributed by atoms with Gasteiger partial charge in [-0.25, -0.2) is 4.98 Å². The molecule has 1 saturated heterocycles. The van der Waals surface area contributed by atoms with Gasteiger partial charge >= 0.3 is 0 Å². The summed E-state index contributed by atoms with van der Waals surface area (Å²) < 4.78 is 1.87. The first kappa shape index (κ1) is 7.73. The van der Waals surface area contributed by atoms with Gasteiger partial charge in [-0.2, -0.15) is 5.10 Å². The Balaban J connectivity index is 2.13. The lowest BCUT2D eigenvalue weighted by molar-refractivity contribution is 0.434. The molecule has 0 saturated carbocycles. The number of hydrogen-bond acceptors (Lipinski definition) is 3. The van der Waals surface area contributed by atoms with Crippen molar-refractivity contribution in [3.63, 3.8) is 0 Å². The van der Waals surface area contributed by atoms with Crippen LogP contribution in [0.3, 0.4) is 0 Å². The minimum atomic E-state index is 0.561. The Labute approximate surface area is 72.0 Å². The molecule has 1 aliphatic heterocycles. The van der Waals surface area contributed by atoms with E-state index in [-0.39, 0.29) is 0 Å². The van der Waals surface area contributed by atoms with E-state index in [4.69, 9.17) is 0 Å². The summed E-state index contributed by atoms with van der Waals surface area (Å²) in [7, 11) is 1.96. The van der Waals surface area contributed by atoms with E-state index in [1.165, 1.54) is 12.8 Å². The van der Waals surface area contributed by atoms with Crippen LogP contribution in [0.15, 0.2) is 6.33 Å². The van der Waals surface area contributed by atoms with E-state index in [1.807, 2.05) is 11.7 Å². The number of aryl methyl sites for hydroxylation is 1. The summed E-state index contributed by atoms with van der Waals surface area (Å²) >= 11 is 0. The van der Waals surface area contributed by atoms with Gasteiger partial charge < -0.3 is 5.32 Å². The van der Waals surface area contributed by atoms with Crippen molar-refractivity contribution in [3.05, 3.63) is 12.2 Å². The lowest BCUT2D eigenvalue weighted by atomic mass is 9.99. The molecule has 1 atom stereocenters. The lowest BCUT2D eigenvalue weighted by Crippen LogP contribution is -2.29. The third kappa shape index (κ3) is 1.34. The van der Waals surface area contributed by atoms with Crippen molar-refractivity contribution >= 4 is 0 Å². The molecule has 2 heterocycles. The van der Waals surface area contributed by atoms with Crippen LogP contribution in [0.4, 0.5) is 0 Å². The van der Waals surface area contributed by atoms with E-state index in [9.17, 15) is 0 Å². The van der Waals surface area contributed by atoms with Crippen LogP contribution in [0.1, 0.15) is 24.6 Å². The summed E-state index contributed by atoms with van der Waals surface area (Å²) in [5, 5.41) is 7.44. The molecule has 0 radical (unpaired) electrons. The van der Waals surface area contributed by atoms with Crippen LogP contribution in [0, 0.1) is 0 Å². The van der Waals surface area contributed by atoms with Gasteiger partial charge in [0, 0.05) is 19.5 Å². The molecule has 4 heteroatoms. The first-order valence-electron chi connectivity index (χ1n) is 4.42. The number of nitrogens with zero attached hydrogens (tertiary/aromatic N) is 3. The molecule has 1 aromatic heterocycles. The zero-order valence-electron chi connectivity index (χ0n) is 7.32. The summed E-state index contributed by atoms with van der Waals surface area (Å²) in [4.78, 5) is 4.25. The average molecular weight is 166 g/mol. The Morgan fingerprint density at radius 1 is 1.67 bits per heavy atom. The summed E-state index contributed by atoms with van der Waals surface area (Å²) in [6.45, 7) is 2.20. The first-order valence-corrected chi connectivity index (χ1v) is 4.42. The quantitative estimate of drug-likeness (QED) is 0.651. The van der Waals surface area contributed by atoms with Crippen molar-refractivity contribution in [1.29, 1.82) is 0 Å². The molecule has 0 unspecified atom stereocenters. The fraction of sp³-hybridized carbons (Fsp3) is 0.750. The van der Waals surface area contributed by atoms with Gasteiger partial charge in [-0.3, -0.25) is 4.68 Å². The Morgan fingerprint density at radius 2 is 2.58 bits per heavy atom. The minimum absolute atomic E-state index is 0.561. The van der Waals surface area contributed by atoms with Crippen LogP contribution in [0.2, 0.25) is 0 Å². The van der Waals surface area contributed by atoms with Crippen LogP contribution in [-0.4, -0.2) is 27.9 Å². The first-order chi connectivity index (χ1) is 5.88. The van der Waals surface area contributed by atoms with Crippen molar-refractivity contribution in [2.75, 3.05) is 13.1 Å². The standard InChI is InChI=1S/C8H14N4/c1-12-8(10-6-11-12)7-3-2-4-9-5-7/h6-7,9H,2-5H2,1H3/t7-/m1/s1. The van der Waals surface area contributed by atoms with E-state index in [2.05, 4.69) is 15.4 Å². The van der Waals surface area contributed by atoms with Crippen molar-refractivity contribution in [2.45, 2.75) is 18.8 Å². The molecule has 1 fully saturated rings. The molecule has 0 aliphatic carbocycles. The van der Waals surface area contributed by atoms with E-state index in [0.717, 1.165) is 18.9 Å².